The highest BCUT2D eigenvalue weighted by Crippen LogP contribution is 2.25. The van der Waals surface area contributed by atoms with Gasteiger partial charge in [0, 0.05) is 29.5 Å². The molecule has 0 saturated heterocycles. The fourth-order valence-electron chi connectivity index (χ4n) is 2.20. The van der Waals surface area contributed by atoms with E-state index in [0.717, 1.165) is 30.6 Å². The number of aromatic nitrogens is 3. The van der Waals surface area contributed by atoms with Crippen LogP contribution in [0.25, 0.3) is 5.65 Å². The summed E-state index contributed by atoms with van der Waals surface area (Å²) in [6.07, 6.45) is 4.11. The van der Waals surface area contributed by atoms with Crippen molar-refractivity contribution in [2.75, 3.05) is 6.61 Å². The van der Waals surface area contributed by atoms with Crippen LogP contribution in [0, 0.1) is 0 Å². The summed E-state index contributed by atoms with van der Waals surface area (Å²) in [6.45, 7) is 0.195. The number of rotatable bonds is 6. The van der Waals surface area contributed by atoms with Crippen LogP contribution in [-0.4, -0.2) is 26.3 Å². The molecule has 3 aromatic rings. The molecule has 0 aliphatic rings. The minimum atomic E-state index is 0.195. The van der Waals surface area contributed by atoms with Gasteiger partial charge in [0.05, 0.1) is 6.20 Å². The number of hydrogen-bond donors (Lipinski definition) is 1. The smallest absolute Gasteiger partial charge is 0.224 e. The first-order chi connectivity index (χ1) is 10.8. The molecule has 0 radical (unpaired) electrons. The number of unbranched alkanes of at least 4 members (excludes halogenated alkanes) is 1. The van der Waals surface area contributed by atoms with E-state index in [1.54, 1.807) is 22.8 Å². The van der Waals surface area contributed by atoms with Crippen LogP contribution in [-0.2, 0) is 6.42 Å². The summed E-state index contributed by atoms with van der Waals surface area (Å²) in [4.78, 5) is 4.54. The van der Waals surface area contributed by atoms with Crippen molar-refractivity contribution in [1.29, 1.82) is 0 Å². The first kappa shape index (κ1) is 14.8. The number of ether oxygens (including phenoxy) is 1. The lowest BCUT2D eigenvalue weighted by molar-refractivity contribution is 0.284. The minimum Gasteiger partial charge on any atom is -0.439 e. The summed E-state index contributed by atoms with van der Waals surface area (Å²) < 4.78 is 7.55. The molecule has 2 aromatic heterocycles. The van der Waals surface area contributed by atoms with E-state index >= 15 is 0 Å². The first-order valence-corrected chi connectivity index (χ1v) is 7.52. The third-order valence-corrected chi connectivity index (χ3v) is 3.47. The SMILES string of the molecule is OCCCCc1cc(Oc2cccc(Cl)c2)n2nccc2n1. The van der Waals surface area contributed by atoms with Gasteiger partial charge in [-0.25, -0.2) is 4.98 Å². The normalized spacial score (nSPS) is 11.0. The summed E-state index contributed by atoms with van der Waals surface area (Å²) in [6, 6.07) is 10.9. The van der Waals surface area contributed by atoms with E-state index in [4.69, 9.17) is 21.4 Å². The van der Waals surface area contributed by atoms with Crippen molar-refractivity contribution in [3.8, 4) is 11.6 Å². The number of nitrogens with zero attached hydrogens (tertiary/aromatic N) is 3. The molecule has 0 unspecified atom stereocenters. The molecule has 22 heavy (non-hydrogen) atoms. The van der Waals surface area contributed by atoms with Gasteiger partial charge < -0.3 is 9.84 Å². The van der Waals surface area contributed by atoms with Crippen LogP contribution in [0.3, 0.4) is 0 Å². The predicted octanol–water partition coefficient (Wildman–Crippen LogP) is 3.49. The number of aliphatic hydroxyl groups is 1. The molecule has 114 valence electrons. The third-order valence-electron chi connectivity index (χ3n) is 3.24. The average molecular weight is 318 g/mol. The predicted molar refractivity (Wildman–Crippen MR) is 84.5 cm³/mol. The Hall–Kier alpha value is -2.11. The second-order valence-corrected chi connectivity index (χ2v) is 5.36. The summed E-state index contributed by atoms with van der Waals surface area (Å²) in [5.41, 5.74) is 1.65. The van der Waals surface area contributed by atoms with Gasteiger partial charge in [-0.15, -0.1) is 0 Å². The van der Waals surface area contributed by atoms with Crippen molar-refractivity contribution >= 4 is 17.2 Å². The van der Waals surface area contributed by atoms with E-state index in [2.05, 4.69) is 10.1 Å². The minimum absolute atomic E-state index is 0.195. The maximum atomic E-state index is 8.89. The molecule has 0 fully saturated rings. The third kappa shape index (κ3) is 3.37. The lowest BCUT2D eigenvalue weighted by Crippen LogP contribution is -2.01. The van der Waals surface area contributed by atoms with Crippen LogP contribution in [0.5, 0.6) is 11.6 Å². The quantitative estimate of drug-likeness (QED) is 0.707. The Morgan fingerprint density at radius 3 is 2.91 bits per heavy atom. The molecule has 0 aliphatic carbocycles. The fraction of sp³-hybridized carbons (Fsp3) is 0.250. The van der Waals surface area contributed by atoms with E-state index in [-0.39, 0.29) is 6.61 Å². The van der Waals surface area contributed by atoms with Crippen molar-refractivity contribution in [2.45, 2.75) is 19.3 Å². The lowest BCUT2D eigenvalue weighted by Gasteiger charge is -2.09. The molecule has 2 heterocycles. The molecule has 0 bridgehead atoms. The Bertz CT molecular complexity index is 773. The molecule has 1 aromatic carbocycles. The Kier molecular flexibility index (Phi) is 4.56. The zero-order valence-corrected chi connectivity index (χ0v) is 12.7. The van der Waals surface area contributed by atoms with E-state index in [1.807, 2.05) is 24.3 Å². The standard InChI is InChI=1S/C16H16ClN3O2/c17-12-4-3-6-14(10-12)22-16-11-13(5-1-2-9-21)19-15-7-8-18-20(15)16/h3-4,6-8,10-11,21H,1-2,5,9H2. The maximum absolute atomic E-state index is 8.89. The number of halogens is 1. The number of aryl methyl sites for hydroxylation is 1. The number of hydrogen-bond acceptors (Lipinski definition) is 4. The molecule has 0 aliphatic heterocycles. The van der Waals surface area contributed by atoms with Crippen molar-refractivity contribution in [2.24, 2.45) is 0 Å². The molecular formula is C16H16ClN3O2. The molecule has 1 N–H and O–H groups in total. The fourth-order valence-corrected chi connectivity index (χ4v) is 2.38. The van der Waals surface area contributed by atoms with Gasteiger partial charge in [-0.3, -0.25) is 0 Å². The Morgan fingerprint density at radius 1 is 1.18 bits per heavy atom. The second kappa shape index (κ2) is 6.77. The maximum Gasteiger partial charge on any atom is 0.224 e. The largest absolute Gasteiger partial charge is 0.439 e. The van der Waals surface area contributed by atoms with Gasteiger partial charge in [-0.2, -0.15) is 9.61 Å². The van der Waals surface area contributed by atoms with Crippen LogP contribution >= 0.6 is 11.6 Å². The highest BCUT2D eigenvalue weighted by atomic mass is 35.5. The summed E-state index contributed by atoms with van der Waals surface area (Å²) >= 11 is 5.99. The van der Waals surface area contributed by atoms with Crippen LogP contribution in [0.2, 0.25) is 5.02 Å². The van der Waals surface area contributed by atoms with Gasteiger partial charge in [0.1, 0.15) is 5.75 Å². The zero-order valence-electron chi connectivity index (χ0n) is 11.9. The van der Waals surface area contributed by atoms with Gasteiger partial charge in [0.2, 0.25) is 5.88 Å². The average Bonchev–Trinajstić information content (AvgIpc) is 2.96. The number of aliphatic hydroxyl groups excluding tert-OH is 1. The lowest BCUT2D eigenvalue weighted by atomic mass is 10.2. The monoisotopic (exact) mass is 317 g/mol. The second-order valence-electron chi connectivity index (χ2n) is 4.93. The molecule has 0 saturated carbocycles. The molecule has 0 amide bonds. The Labute approximate surface area is 133 Å². The molecule has 3 rings (SSSR count). The number of fused-ring (bicyclic) bond motifs is 1. The van der Waals surface area contributed by atoms with Gasteiger partial charge in [0.15, 0.2) is 5.65 Å². The molecule has 6 heteroatoms. The van der Waals surface area contributed by atoms with Gasteiger partial charge in [-0.1, -0.05) is 17.7 Å². The highest BCUT2D eigenvalue weighted by Gasteiger charge is 2.09. The molecular weight excluding hydrogens is 302 g/mol. The van der Waals surface area contributed by atoms with Crippen molar-refractivity contribution < 1.29 is 9.84 Å². The van der Waals surface area contributed by atoms with Crippen molar-refractivity contribution in [3.05, 3.63) is 53.3 Å². The first-order valence-electron chi connectivity index (χ1n) is 7.14. The summed E-state index contributed by atoms with van der Waals surface area (Å²) in [5, 5.41) is 13.7. The van der Waals surface area contributed by atoms with E-state index in [0.29, 0.717) is 16.7 Å². The van der Waals surface area contributed by atoms with Crippen LogP contribution < -0.4 is 4.74 Å². The molecule has 5 nitrogen and oxygen atoms in total. The van der Waals surface area contributed by atoms with Crippen LogP contribution in [0.4, 0.5) is 0 Å². The zero-order chi connectivity index (χ0) is 15.4. The Balaban J connectivity index is 1.91. The van der Waals surface area contributed by atoms with Crippen molar-refractivity contribution in [1.82, 2.24) is 14.6 Å². The van der Waals surface area contributed by atoms with E-state index < -0.39 is 0 Å². The molecule has 0 atom stereocenters. The van der Waals surface area contributed by atoms with Crippen LogP contribution in [0.15, 0.2) is 42.6 Å². The van der Waals surface area contributed by atoms with E-state index in [1.165, 1.54) is 0 Å². The number of benzene rings is 1. The van der Waals surface area contributed by atoms with Gasteiger partial charge in [-0.05, 0) is 37.5 Å². The van der Waals surface area contributed by atoms with Gasteiger partial charge >= 0.3 is 0 Å². The summed E-state index contributed by atoms with van der Waals surface area (Å²) in [5.74, 6) is 1.24. The molecule has 0 spiro atoms. The Morgan fingerprint density at radius 2 is 2.09 bits per heavy atom. The summed E-state index contributed by atoms with van der Waals surface area (Å²) in [7, 11) is 0. The van der Waals surface area contributed by atoms with Crippen molar-refractivity contribution in [3.63, 3.8) is 0 Å². The topological polar surface area (TPSA) is 59.7 Å². The van der Waals surface area contributed by atoms with Crippen LogP contribution in [0.1, 0.15) is 18.5 Å². The highest BCUT2D eigenvalue weighted by molar-refractivity contribution is 6.30. The van der Waals surface area contributed by atoms with E-state index in [9.17, 15) is 0 Å². The van der Waals surface area contributed by atoms with Gasteiger partial charge in [0.25, 0.3) is 0 Å².